The molecule has 0 aromatic heterocycles. The van der Waals surface area contributed by atoms with Crippen molar-refractivity contribution >= 4 is 23.2 Å². The van der Waals surface area contributed by atoms with Crippen LogP contribution in [0.5, 0.6) is 0 Å². The van der Waals surface area contributed by atoms with Gasteiger partial charge in [-0.1, -0.05) is 6.07 Å². The van der Waals surface area contributed by atoms with Crippen LogP contribution in [0.15, 0.2) is 18.2 Å². The Morgan fingerprint density at radius 2 is 1.83 bits per heavy atom. The van der Waals surface area contributed by atoms with E-state index < -0.39 is 0 Å². The predicted octanol–water partition coefficient (Wildman–Crippen LogP) is 2.77. The van der Waals surface area contributed by atoms with Crippen LogP contribution >= 0.6 is 0 Å². The molecule has 0 unspecified atom stereocenters. The summed E-state index contributed by atoms with van der Waals surface area (Å²) in [6, 6.07) is 5.77. The summed E-state index contributed by atoms with van der Waals surface area (Å²) in [4.78, 5) is 26.1. The quantitative estimate of drug-likeness (QED) is 0.878. The lowest BCUT2D eigenvalue weighted by Crippen LogP contribution is -2.39. The Bertz CT molecular complexity index is 590. The van der Waals surface area contributed by atoms with Crippen LogP contribution in [-0.2, 0) is 9.59 Å². The van der Waals surface area contributed by atoms with Gasteiger partial charge in [0.25, 0.3) is 0 Å². The molecule has 1 aliphatic heterocycles. The third-order valence-corrected chi connectivity index (χ3v) is 4.68. The van der Waals surface area contributed by atoms with Crippen LogP contribution in [0.2, 0.25) is 0 Å². The summed E-state index contributed by atoms with van der Waals surface area (Å²) in [5.74, 6) is 0.442. The number of rotatable bonds is 5. The molecule has 2 N–H and O–H groups in total. The highest BCUT2D eigenvalue weighted by molar-refractivity contribution is 5.95. The topological polar surface area (TPSA) is 61.4 Å². The Labute approximate surface area is 137 Å². The fourth-order valence-corrected chi connectivity index (χ4v) is 2.97. The number of hydrogen-bond acceptors (Lipinski definition) is 3. The van der Waals surface area contributed by atoms with Crippen LogP contribution in [0.3, 0.4) is 0 Å². The van der Waals surface area contributed by atoms with Gasteiger partial charge >= 0.3 is 0 Å². The van der Waals surface area contributed by atoms with Gasteiger partial charge in [0.05, 0.1) is 6.54 Å². The number of carbonyl (C=O) groups excluding carboxylic acids is 2. The summed E-state index contributed by atoms with van der Waals surface area (Å²) in [6.07, 6.45) is 5.42. The van der Waals surface area contributed by atoms with Crippen molar-refractivity contribution in [2.75, 3.05) is 30.3 Å². The Balaban J connectivity index is 1.58. The van der Waals surface area contributed by atoms with E-state index in [4.69, 9.17) is 0 Å². The minimum Gasteiger partial charge on any atom is -0.376 e. The molecular weight excluding hydrogens is 290 g/mol. The molecule has 1 aromatic rings. The normalized spacial score (nSPS) is 17.7. The monoisotopic (exact) mass is 315 g/mol. The van der Waals surface area contributed by atoms with Gasteiger partial charge in [0.15, 0.2) is 0 Å². The fourth-order valence-electron chi connectivity index (χ4n) is 2.97. The number of carbonyl (C=O) groups is 2. The lowest BCUT2D eigenvalue weighted by Gasteiger charge is -2.27. The summed E-state index contributed by atoms with van der Waals surface area (Å²) in [6.45, 7) is 4.02. The molecular formula is C18H25N3O2. The maximum absolute atomic E-state index is 12.2. The van der Waals surface area contributed by atoms with Gasteiger partial charge in [0, 0.05) is 30.4 Å². The third-order valence-electron chi connectivity index (χ3n) is 4.68. The molecule has 0 spiro atoms. The first-order valence-corrected chi connectivity index (χ1v) is 8.57. The van der Waals surface area contributed by atoms with E-state index in [2.05, 4.69) is 10.6 Å². The largest absolute Gasteiger partial charge is 0.376 e. The standard InChI is InChI=1S/C18H25N3O2/c1-13-15(19-12-17(22)21-10-3-2-4-11-21)6-5-7-16(13)20-18(23)14-8-9-14/h5-7,14,19H,2-4,8-12H2,1H3,(H,20,23). The molecule has 0 radical (unpaired) electrons. The van der Waals surface area contributed by atoms with Crippen LogP contribution in [0, 0.1) is 12.8 Å². The van der Waals surface area contributed by atoms with Gasteiger partial charge in [-0.3, -0.25) is 9.59 Å². The summed E-state index contributed by atoms with van der Waals surface area (Å²) in [7, 11) is 0. The minimum absolute atomic E-state index is 0.106. The molecule has 23 heavy (non-hydrogen) atoms. The number of hydrogen-bond donors (Lipinski definition) is 2. The maximum Gasteiger partial charge on any atom is 0.241 e. The van der Waals surface area contributed by atoms with E-state index in [9.17, 15) is 9.59 Å². The molecule has 0 atom stereocenters. The summed E-state index contributed by atoms with van der Waals surface area (Å²) in [5.41, 5.74) is 2.72. The zero-order valence-corrected chi connectivity index (χ0v) is 13.7. The lowest BCUT2D eigenvalue weighted by atomic mass is 10.1. The van der Waals surface area contributed by atoms with Crippen molar-refractivity contribution in [3.05, 3.63) is 23.8 Å². The zero-order chi connectivity index (χ0) is 16.2. The SMILES string of the molecule is Cc1c(NCC(=O)N2CCCCC2)cccc1NC(=O)C1CC1. The Morgan fingerprint density at radius 3 is 2.52 bits per heavy atom. The zero-order valence-electron chi connectivity index (χ0n) is 13.7. The van der Waals surface area contributed by atoms with Gasteiger partial charge in [-0.15, -0.1) is 0 Å². The number of nitrogens with zero attached hydrogens (tertiary/aromatic N) is 1. The number of benzene rings is 1. The highest BCUT2D eigenvalue weighted by atomic mass is 16.2. The van der Waals surface area contributed by atoms with Gasteiger partial charge in [-0.05, 0) is 56.7 Å². The number of nitrogens with one attached hydrogen (secondary N) is 2. The molecule has 2 fully saturated rings. The first-order valence-electron chi connectivity index (χ1n) is 8.57. The molecule has 2 amide bonds. The average molecular weight is 315 g/mol. The molecule has 0 bridgehead atoms. The van der Waals surface area contributed by atoms with Crippen molar-refractivity contribution in [2.45, 2.75) is 39.0 Å². The van der Waals surface area contributed by atoms with E-state index in [1.807, 2.05) is 30.0 Å². The predicted molar refractivity (Wildman–Crippen MR) is 91.5 cm³/mol. The minimum atomic E-state index is 0.106. The van der Waals surface area contributed by atoms with Crippen molar-refractivity contribution in [2.24, 2.45) is 5.92 Å². The maximum atomic E-state index is 12.2. The van der Waals surface area contributed by atoms with E-state index in [0.29, 0.717) is 6.54 Å². The van der Waals surface area contributed by atoms with Gasteiger partial charge < -0.3 is 15.5 Å². The summed E-state index contributed by atoms with van der Waals surface area (Å²) < 4.78 is 0. The van der Waals surface area contributed by atoms with Crippen LogP contribution in [0.4, 0.5) is 11.4 Å². The van der Waals surface area contributed by atoms with Gasteiger partial charge in [-0.25, -0.2) is 0 Å². The first-order chi connectivity index (χ1) is 11.1. The second-order valence-corrected chi connectivity index (χ2v) is 6.54. The molecule has 1 saturated heterocycles. The smallest absolute Gasteiger partial charge is 0.241 e. The number of anilines is 2. The van der Waals surface area contributed by atoms with E-state index >= 15 is 0 Å². The Kier molecular flexibility index (Phi) is 4.84. The van der Waals surface area contributed by atoms with Gasteiger partial charge in [0.1, 0.15) is 0 Å². The van der Waals surface area contributed by atoms with Crippen LogP contribution in [0.1, 0.15) is 37.7 Å². The van der Waals surface area contributed by atoms with Crippen molar-refractivity contribution < 1.29 is 9.59 Å². The molecule has 3 rings (SSSR count). The summed E-state index contributed by atoms with van der Waals surface area (Å²) >= 11 is 0. The molecule has 5 heteroatoms. The third kappa shape index (κ3) is 4.03. The first kappa shape index (κ1) is 15.8. The molecule has 1 saturated carbocycles. The van der Waals surface area contributed by atoms with Crippen molar-refractivity contribution in [1.29, 1.82) is 0 Å². The molecule has 1 aromatic carbocycles. The van der Waals surface area contributed by atoms with Crippen molar-refractivity contribution in [3.63, 3.8) is 0 Å². The lowest BCUT2D eigenvalue weighted by molar-refractivity contribution is -0.130. The Hall–Kier alpha value is -2.04. The fraction of sp³-hybridized carbons (Fsp3) is 0.556. The molecule has 1 aliphatic carbocycles. The van der Waals surface area contributed by atoms with Crippen molar-refractivity contribution in [1.82, 2.24) is 4.90 Å². The van der Waals surface area contributed by atoms with E-state index in [1.165, 1.54) is 6.42 Å². The van der Waals surface area contributed by atoms with Crippen LogP contribution in [0.25, 0.3) is 0 Å². The molecule has 5 nitrogen and oxygen atoms in total. The molecule has 2 aliphatic rings. The highest BCUT2D eigenvalue weighted by Crippen LogP contribution is 2.31. The van der Waals surface area contributed by atoms with E-state index in [0.717, 1.165) is 55.7 Å². The van der Waals surface area contributed by atoms with Gasteiger partial charge in [0.2, 0.25) is 11.8 Å². The number of piperidine rings is 1. The van der Waals surface area contributed by atoms with Gasteiger partial charge in [-0.2, -0.15) is 0 Å². The molecule has 1 heterocycles. The van der Waals surface area contributed by atoms with E-state index in [1.54, 1.807) is 0 Å². The molecule has 124 valence electrons. The van der Waals surface area contributed by atoms with Crippen molar-refractivity contribution in [3.8, 4) is 0 Å². The number of amides is 2. The average Bonchev–Trinajstić information content (AvgIpc) is 3.41. The second kappa shape index (κ2) is 7.02. The van der Waals surface area contributed by atoms with E-state index in [-0.39, 0.29) is 17.7 Å². The summed E-state index contributed by atoms with van der Waals surface area (Å²) in [5, 5.41) is 6.22. The second-order valence-electron chi connectivity index (χ2n) is 6.54. The number of likely N-dealkylation sites (tertiary alicyclic amines) is 1. The Morgan fingerprint density at radius 1 is 1.13 bits per heavy atom. The highest BCUT2D eigenvalue weighted by Gasteiger charge is 2.29. The van der Waals surface area contributed by atoms with Crippen LogP contribution in [-0.4, -0.2) is 36.3 Å². The van der Waals surface area contributed by atoms with Crippen LogP contribution < -0.4 is 10.6 Å².